The number of carbonyl (C=O) groups is 1. The molecule has 6 nitrogen and oxygen atoms in total. The molecule has 0 aliphatic heterocycles. The second-order valence-corrected chi connectivity index (χ2v) is 9.38. The zero-order valence-corrected chi connectivity index (χ0v) is 19.5. The molecule has 0 aliphatic carbocycles. The number of benzene rings is 3. The lowest BCUT2D eigenvalue weighted by Gasteiger charge is -2.18. The lowest BCUT2D eigenvalue weighted by molar-refractivity contribution is -0.122. The Morgan fingerprint density at radius 2 is 1.53 bits per heavy atom. The van der Waals surface area contributed by atoms with Crippen molar-refractivity contribution in [1.82, 2.24) is 0 Å². The van der Waals surface area contributed by atoms with Gasteiger partial charge in [-0.05, 0) is 86.3 Å². The number of nitrogens with one attached hydrogen (secondary N) is 2. The predicted molar refractivity (Wildman–Crippen MR) is 128 cm³/mol. The number of carbonyl (C=O) groups excluding carboxylic acids is 1. The maximum Gasteiger partial charge on any atom is 0.265 e. The molecule has 168 valence electrons. The third-order valence-corrected chi connectivity index (χ3v) is 6.61. The summed E-state index contributed by atoms with van der Waals surface area (Å²) in [4.78, 5) is 12.8. The number of rotatable bonds is 8. The predicted octanol–water partition coefficient (Wildman–Crippen LogP) is 5.21. The van der Waals surface area contributed by atoms with Crippen LogP contribution in [0.4, 0.5) is 11.4 Å². The Kier molecular flexibility index (Phi) is 7.20. The minimum atomic E-state index is -3.74. The zero-order valence-electron chi connectivity index (χ0n) is 18.7. The van der Waals surface area contributed by atoms with E-state index in [0.717, 1.165) is 16.7 Å². The first kappa shape index (κ1) is 23.3. The average Bonchev–Trinajstić information content (AvgIpc) is 2.76. The van der Waals surface area contributed by atoms with Crippen molar-refractivity contribution < 1.29 is 17.9 Å². The second-order valence-electron chi connectivity index (χ2n) is 7.70. The van der Waals surface area contributed by atoms with Crippen LogP contribution in [0.2, 0.25) is 0 Å². The first-order valence-electron chi connectivity index (χ1n) is 10.4. The Morgan fingerprint density at radius 3 is 2.16 bits per heavy atom. The van der Waals surface area contributed by atoms with Crippen LogP contribution in [-0.4, -0.2) is 20.4 Å². The molecule has 3 aromatic carbocycles. The summed E-state index contributed by atoms with van der Waals surface area (Å²) >= 11 is 0. The smallest absolute Gasteiger partial charge is 0.265 e. The van der Waals surface area contributed by atoms with Crippen LogP contribution in [0, 0.1) is 20.8 Å². The number of anilines is 2. The molecule has 0 unspecified atom stereocenters. The number of sulfonamides is 1. The van der Waals surface area contributed by atoms with Crippen molar-refractivity contribution in [2.75, 3.05) is 10.0 Å². The van der Waals surface area contributed by atoms with Crippen molar-refractivity contribution in [1.29, 1.82) is 0 Å². The van der Waals surface area contributed by atoms with E-state index in [-0.39, 0.29) is 10.8 Å². The number of para-hydroxylation sites is 1. The van der Waals surface area contributed by atoms with Gasteiger partial charge in [0.1, 0.15) is 5.75 Å². The molecule has 0 bridgehead atoms. The van der Waals surface area contributed by atoms with Crippen LogP contribution < -0.4 is 14.8 Å². The summed E-state index contributed by atoms with van der Waals surface area (Å²) in [5.74, 6) is 0.368. The monoisotopic (exact) mass is 452 g/mol. The summed E-state index contributed by atoms with van der Waals surface area (Å²) < 4.78 is 33.9. The number of hydrogen-bond donors (Lipinski definition) is 2. The van der Waals surface area contributed by atoms with Crippen LogP contribution >= 0.6 is 0 Å². The van der Waals surface area contributed by atoms with Gasteiger partial charge in [0.05, 0.1) is 4.90 Å². The molecule has 0 radical (unpaired) electrons. The van der Waals surface area contributed by atoms with Crippen molar-refractivity contribution in [2.45, 2.75) is 45.1 Å². The highest BCUT2D eigenvalue weighted by Gasteiger charge is 2.20. The van der Waals surface area contributed by atoms with Gasteiger partial charge in [0, 0.05) is 11.4 Å². The lowest BCUT2D eigenvalue weighted by Crippen LogP contribution is -2.32. The maximum atomic E-state index is 12.7. The van der Waals surface area contributed by atoms with E-state index in [1.54, 1.807) is 24.3 Å². The number of amides is 1. The Hall–Kier alpha value is -3.32. The third-order valence-electron chi connectivity index (χ3n) is 5.22. The molecule has 0 fully saturated rings. The highest BCUT2D eigenvalue weighted by Crippen LogP contribution is 2.22. The molecule has 0 aliphatic rings. The minimum Gasteiger partial charge on any atom is -0.480 e. The molecule has 3 rings (SSSR count). The van der Waals surface area contributed by atoms with Gasteiger partial charge in [-0.3, -0.25) is 9.52 Å². The minimum absolute atomic E-state index is 0.108. The van der Waals surface area contributed by atoms with Gasteiger partial charge in [0.2, 0.25) is 0 Å². The first-order chi connectivity index (χ1) is 15.2. The quantitative estimate of drug-likeness (QED) is 0.491. The number of ether oxygens (including phenoxy) is 1. The van der Waals surface area contributed by atoms with Crippen LogP contribution in [0.1, 0.15) is 30.0 Å². The summed E-state index contributed by atoms with van der Waals surface area (Å²) in [6.45, 7) is 7.69. The van der Waals surface area contributed by atoms with Gasteiger partial charge < -0.3 is 10.1 Å². The van der Waals surface area contributed by atoms with E-state index in [1.165, 1.54) is 12.1 Å². The third kappa shape index (κ3) is 5.68. The van der Waals surface area contributed by atoms with Crippen molar-refractivity contribution in [2.24, 2.45) is 0 Å². The van der Waals surface area contributed by atoms with E-state index in [4.69, 9.17) is 4.74 Å². The molecular weight excluding hydrogens is 424 g/mol. The molecule has 0 spiro atoms. The molecule has 0 heterocycles. The number of hydrogen-bond acceptors (Lipinski definition) is 4. The molecule has 7 heteroatoms. The van der Waals surface area contributed by atoms with Gasteiger partial charge in [0.15, 0.2) is 6.10 Å². The van der Waals surface area contributed by atoms with Crippen molar-refractivity contribution >= 4 is 27.3 Å². The van der Waals surface area contributed by atoms with E-state index in [0.29, 0.717) is 23.5 Å². The topological polar surface area (TPSA) is 84.5 Å². The van der Waals surface area contributed by atoms with Gasteiger partial charge in [-0.2, -0.15) is 0 Å². The molecule has 3 aromatic rings. The SMILES string of the molecule is CC[C@@H](Oc1ccccc1C)C(=O)Nc1ccc(S(=O)(=O)Nc2ccc(C)c(C)c2)cc1. The Bertz CT molecular complexity index is 1200. The first-order valence-corrected chi connectivity index (χ1v) is 11.9. The summed E-state index contributed by atoms with van der Waals surface area (Å²) in [6, 6.07) is 19.0. The summed E-state index contributed by atoms with van der Waals surface area (Å²) in [7, 11) is -3.74. The largest absolute Gasteiger partial charge is 0.480 e. The molecule has 1 atom stereocenters. The summed E-state index contributed by atoms with van der Waals surface area (Å²) in [5, 5.41) is 2.80. The van der Waals surface area contributed by atoms with Gasteiger partial charge in [-0.1, -0.05) is 31.2 Å². The van der Waals surface area contributed by atoms with Crippen molar-refractivity contribution in [3.63, 3.8) is 0 Å². The molecule has 1 amide bonds. The molecule has 32 heavy (non-hydrogen) atoms. The summed E-state index contributed by atoms with van der Waals surface area (Å²) in [6.07, 6.45) is -0.169. The fourth-order valence-electron chi connectivity index (χ4n) is 3.12. The Labute approximate surface area is 189 Å². The molecule has 0 aromatic heterocycles. The fourth-order valence-corrected chi connectivity index (χ4v) is 4.17. The molecular formula is C25H28N2O4S. The normalized spacial score (nSPS) is 12.1. The number of aryl methyl sites for hydroxylation is 3. The van der Waals surface area contributed by atoms with Gasteiger partial charge in [-0.25, -0.2) is 8.42 Å². The molecule has 2 N–H and O–H groups in total. The van der Waals surface area contributed by atoms with Crippen molar-refractivity contribution in [3.05, 3.63) is 83.4 Å². The highest BCUT2D eigenvalue weighted by atomic mass is 32.2. The van der Waals surface area contributed by atoms with E-state index in [2.05, 4.69) is 10.0 Å². The van der Waals surface area contributed by atoms with Crippen LogP contribution in [0.25, 0.3) is 0 Å². The maximum absolute atomic E-state index is 12.7. The zero-order chi connectivity index (χ0) is 23.3. The van der Waals surface area contributed by atoms with E-state index in [9.17, 15) is 13.2 Å². The van der Waals surface area contributed by atoms with Gasteiger partial charge in [0.25, 0.3) is 15.9 Å². The molecule has 0 saturated heterocycles. The fraction of sp³-hybridized carbons (Fsp3) is 0.240. The van der Waals surface area contributed by atoms with E-state index in [1.807, 2.05) is 58.0 Å². The standard InChI is InChI=1S/C25H28N2O4S/c1-5-23(31-24-9-7-6-8-18(24)3)25(28)26-20-12-14-22(15-13-20)32(29,30)27-21-11-10-17(2)19(4)16-21/h6-16,23,27H,5H2,1-4H3,(H,26,28)/t23-/m1/s1. The highest BCUT2D eigenvalue weighted by molar-refractivity contribution is 7.92. The van der Waals surface area contributed by atoms with E-state index >= 15 is 0 Å². The van der Waals surface area contributed by atoms with Crippen LogP contribution in [0.5, 0.6) is 5.75 Å². The van der Waals surface area contributed by atoms with Gasteiger partial charge in [-0.15, -0.1) is 0 Å². The van der Waals surface area contributed by atoms with Crippen LogP contribution in [0.15, 0.2) is 71.6 Å². The summed E-state index contributed by atoms with van der Waals surface area (Å²) in [5.41, 5.74) is 4.03. The Balaban J connectivity index is 1.68. The van der Waals surface area contributed by atoms with Crippen LogP contribution in [0.3, 0.4) is 0 Å². The Morgan fingerprint density at radius 1 is 0.875 bits per heavy atom. The van der Waals surface area contributed by atoms with Crippen molar-refractivity contribution in [3.8, 4) is 5.75 Å². The van der Waals surface area contributed by atoms with Crippen LogP contribution in [-0.2, 0) is 14.8 Å². The molecule has 0 saturated carbocycles. The second kappa shape index (κ2) is 9.87. The lowest BCUT2D eigenvalue weighted by atomic mass is 10.1. The van der Waals surface area contributed by atoms with Gasteiger partial charge >= 0.3 is 0 Å². The van der Waals surface area contributed by atoms with E-state index < -0.39 is 16.1 Å². The average molecular weight is 453 g/mol.